The number of hydrogen-bond acceptors (Lipinski definition) is 5. The summed E-state index contributed by atoms with van der Waals surface area (Å²) in [6, 6.07) is 16.6. The van der Waals surface area contributed by atoms with Crippen LogP contribution in [0, 0.1) is 0 Å². The van der Waals surface area contributed by atoms with E-state index in [4.69, 9.17) is 50.5 Å². The normalized spacial score (nSPS) is 13.3. The summed E-state index contributed by atoms with van der Waals surface area (Å²) in [7, 11) is 0. The first-order valence-electron chi connectivity index (χ1n) is 7.63. The number of benzene rings is 2. The van der Waals surface area contributed by atoms with Gasteiger partial charge in [-0.3, -0.25) is 0 Å². The summed E-state index contributed by atoms with van der Waals surface area (Å²) in [5.41, 5.74) is 8.85. The highest BCUT2D eigenvalue weighted by Gasteiger charge is 2.35. The molecule has 0 N–H and O–H groups in total. The fourth-order valence-corrected chi connectivity index (χ4v) is 6.02. The standard InChI is InChI=1S/C20H12S5/c21-19(22)13-9-5-1-3-7-11(9)17-15(13)16-14(20(23)24)10-6-2-4-8-12(10)18(16)25-17/h1-8,21-24H/p-4. The Bertz CT molecular complexity index is 1030. The van der Waals surface area contributed by atoms with Crippen LogP contribution in [-0.4, -0.2) is 0 Å². The van der Waals surface area contributed by atoms with Crippen molar-refractivity contribution in [3.05, 3.63) is 79.3 Å². The Hall–Kier alpha value is -1.50. The molecule has 0 unspecified atom stereocenters. The van der Waals surface area contributed by atoms with Crippen molar-refractivity contribution >= 4 is 73.0 Å². The summed E-state index contributed by atoms with van der Waals surface area (Å²) in [6.07, 6.45) is 0. The van der Waals surface area contributed by atoms with Crippen LogP contribution in [0.15, 0.2) is 57.0 Å². The van der Waals surface area contributed by atoms with Crippen LogP contribution in [0.2, 0.25) is 0 Å². The lowest BCUT2D eigenvalue weighted by Crippen LogP contribution is -1.92. The number of fused-ring (bicyclic) bond motifs is 7. The zero-order valence-electron chi connectivity index (χ0n) is 12.7. The predicted octanol–water partition coefficient (Wildman–Crippen LogP) is 5.33. The topological polar surface area (TPSA) is 0 Å². The molecule has 2 aliphatic rings. The first-order chi connectivity index (χ1) is 12.1. The lowest BCUT2D eigenvalue weighted by atomic mass is 9.99. The summed E-state index contributed by atoms with van der Waals surface area (Å²) in [5.74, 6) is 0. The average Bonchev–Trinajstić information content (AvgIpc) is 3.20. The molecule has 5 rings (SSSR count). The van der Waals surface area contributed by atoms with E-state index in [1.807, 2.05) is 12.1 Å². The molecule has 2 aliphatic carbocycles. The maximum absolute atomic E-state index is 5.45. The third-order valence-corrected chi connectivity index (χ3v) is 6.77. The smallest absolute Gasteiger partial charge is 0.0439 e. The molecule has 0 saturated heterocycles. The van der Waals surface area contributed by atoms with Gasteiger partial charge >= 0.3 is 0 Å². The Balaban J connectivity index is 1.95. The van der Waals surface area contributed by atoms with E-state index < -0.39 is 0 Å². The molecule has 0 bridgehead atoms. The molecule has 0 aliphatic heterocycles. The number of rotatable bonds is 0. The molecule has 0 saturated carbocycles. The lowest BCUT2D eigenvalue weighted by molar-refractivity contribution is 1.65. The quantitative estimate of drug-likeness (QED) is 0.317. The maximum atomic E-state index is 5.45. The Labute approximate surface area is 172 Å². The molecular formula is C20H8S5-4. The minimum atomic E-state index is 0.498. The highest BCUT2D eigenvalue weighted by atomic mass is 32.2. The van der Waals surface area contributed by atoms with Gasteiger partial charge in [0, 0.05) is 32.0 Å². The minimum absolute atomic E-state index is 0.498. The van der Waals surface area contributed by atoms with Crippen LogP contribution in [-0.2, 0) is 50.5 Å². The third-order valence-electron chi connectivity index (χ3n) is 4.70. The molecule has 0 amide bonds. The van der Waals surface area contributed by atoms with Crippen LogP contribution in [0.4, 0.5) is 0 Å². The number of thiophene rings is 1. The zero-order chi connectivity index (χ0) is 17.3. The van der Waals surface area contributed by atoms with Gasteiger partial charge in [-0.1, -0.05) is 59.7 Å². The summed E-state index contributed by atoms with van der Waals surface area (Å²) >= 11 is 23.6. The summed E-state index contributed by atoms with van der Waals surface area (Å²) in [6.45, 7) is 0. The molecule has 1 aromatic heterocycles. The largest absolute Gasteiger partial charge is 0.807 e. The molecule has 5 heteroatoms. The van der Waals surface area contributed by atoms with E-state index in [0.29, 0.717) is 8.47 Å². The van der Waals surface area contributed by atoms with E-state index >= 15 is 0 Å². The molecule has 25 heavy (non-hydrogen) atoms. The highest BCUT2D eigenvalue weighted by Crippen LogP contribution is 2.60. The van der Waals surface area contributed by atoms with Crippen molar-refractivity contribution in [2.75, 3.05) is 0 Å². The monoisotopic (exact) mass is 408 g/mol. The Morgan fingerprint density at radius 2 is 0.920 bits per heavy atom. The van der Waals surface area contributed by atoms with Crippen LogP contribution in [0.25, 0.3) is 32.0 Å². The molecule has 3 aromatic rings. The average molecular weight is 409 g/mol. The van der Waals surface area contributed by atoms with Gasteiger partial charge < -0.3 is 59.0 Å². The van der Waals surface area contributed by atoms with Crippen molar-refractivity contribution < 1.29 is 0 Å². The minimum Gasteiger partial charge on any atom is -0.807 e. The second kappa shape index (κ2) is 5.50. The second-order valence-electron chi connectivity index (χ2n) is 5.93. The van der Waals surface area contributed by atoms with Gasteiger partial charge in [-0.05, 0) is 11.1 Å². The maximum Gasteiger partial charge on any atom is 0.0439 e. The van der Waals surface area contributed by atoms with Crippen LogP contribution >= 0.6 is 11.3 Å². The number of hydrogen-bond donors (Lipinski definition) is 0. The van der Waals surface area contributed by atoms with Gasteiger partial charge in [0.05, 0.1) is 0 Å². The molecule has 1 heterocycles. The van der Waals surface area contributed by atoms with Gasteiger partial charge in [0.15, 0.2) is 0 Å². The van der Waals surface area contributed by atoms with Crippen LogP contribution in [0.5, 0.6) is 0 Å². The second-order valence-corrected chi connectivity index (χ2v) is 9.10. The van der Waals surface area contributed by atoms with E-state index in [1.165, 1.54) is 20.9 Å². The lowest BCUT2D eigenvalue weighted by Gasteiger charge is -2.28. The molecule has 0 fully saturated rings. The summed E-state index contributed by atoms with van der Waals surface area (Å²) in [5, 5.41) is 0. The molecule has 0 atom stereocenters. The van der Waals surface area contributed by atoms with Gasteiger partial charge in [0.2, 0.25) is 0 Å². The third kappa shape index (κ3) is 2.02. The zero-order valence-corrected chi connectivity index (χ0v) is 16.7. The van der Waals surface area contributed by atoms with E-state index in [9.17, 15) is 0 Å². The summed E-state index contributed by atoms with van der Waals surface area (Å²) in [4.78, 5) is 2.45. The Morgan fingerprint density at radius 3 is 1.28 bits per heavy atom. The molecule has 122 valence electrons. The van der Waals surface area contributed by atoms with Gasteiger partial charge in [0.25, 0.3) is 0 Å². The molecule has 2 aromatic carbocycles. The highest BCUT2D eigenvalue weighted by molar-refractivity contribution is 7.85. The van der Waals surface area contributed by atoms with Crippen molar-refractivity contribution in [3.8, 4) is 20.9 Å². The van der Waals surface area contributed by atoms with Crippen molar-refractivity contribution in [2.24, 2.45) is 0 Å². The van der Waals surface area contributed by atoms with E-state index in [-0.39, 0.29) is 0 Å². The van der Waals surface area contributed by atoms with Crippen molar-refractivity contribution in [2.45, 2.75) is 0 Å². The first kappa shape index (κ1) is 15.7. The van der Waals surface area contributed by atoms with Gasteiger partial charge in [0.1, 0.15) is 0 Å². The van der Waals surface area contributed by atoms with Crippen LogP contribution in [0.3, 0.4) is 0 Å². The Kier molecular flexibility index (Phi) is 3.46. The fraction of sp³-hybridized carbons (Fsp3) is 0. The van der Waals surface area contributed by atoms with Crippen molar-refractivity contribution in [1.82, 2.24) is 0 Å². The van der Waals surface area contributed by atoms with Crippen molar-refractivity contribution in [3.63, 3.8) is 0 Å². The van der Waals surface area contributed by atoms with Gasteiger partial charge in [-0.25, -0.2) is 0 Å². The van der Waals surface area contributed by atoms with E-state index in [1.54, 1.807) is 11.3 Å². The predicted molar refractivity (Wildman–Crippen MR) is 117 cm³/mol. The molecule has 0 nitrogen and oxygen atoms in total. The van der Waals surface area contributed by atoms with Gasteiger partial charge in [-0.15, -0.1) is 11.3 Å². The Morgan fingerprint density at radius 1 is 0.560 bits per heavy atom. The first-order valence-corrected chi connectivity index (χ1v) is 10.1. The SMILES string of the molecule is [S-]C([S-])=C1c2ccccc2-c2sc3c(c21)C(=C([S-])[S-])c1ccccc1-3. The van der Waals surface area contributed by atoms with Crippen LogP contribution in [0.1, 0.15) is 22.3 Å². The molecule has 0 radical (unpaired) electrons. The van der Waals surface area contributed by atoms with E-state index in [0.717, 1.165) is 33.4 Å². The van der Waals surface area contributed by atoms with Crippen LogP contribution < -0.4 is 0 Å². The summed E-state index contributed by atoms with van der Waals surface area (Å²) < 4.78 is 0.995. The molecular weight excluding hydrogens is 401 g/mol. The van der Waals surface area contributed by atoms with Gasteiger partial charge in [-0.2, -0.15) is 0 Å². The van der Waals surface area contributed by atoms with Crippen molar-refractivity contribution in [1.29, 1.82) is 0 Å². The van der Waals surface area contributed by atoms with E-state index in [2.05, 4.69) is 36.4 Å². The molecule has 0 spiro atoms. The fourth-order valence-electron chi connectivity index (χ4n) is 3.78.